The molecule has 0 aliphatic carbocycles. The van der Waals surface area contributed by atoms with Crippen molar-refractivity contribution in [3.63, 3.8) is 0 Å². The van der Waals surface area contributed by atoms with Gasteiger partial charge < -0.3 is 9.64 Å². The van der Waals surface area contributed by atoms with E-state index in [-0.39, 0.29) is 12.5 Å². The van der Waals surface area contributed by atoms with E-state index in [9.17, 15) is 9.59 Å². The molecule has 5 heteroatoms. The lowest BCUT2D eigenvalue weighted by Gasteiger charge is -2.15. The van der Waals surface area contributed by atoms with E-state index in [1.54, 1.807) is 29.2 Å². The first-order valence-electron chi connectivity index (χ1n) is 6.67. The molecule has 20 heavy (non-hydrogen) atoms. The summed E-state index contributed by atoms with van der Waals surface area (Å²) in [5, 5.41) is 8.38. The molecule has 0 atom stereocenters. The average molecular weight is 272 g/mol. The van der Waals surface area contributed by atoms with Gasteiger partial charge in [-0.2, -0.15) is 5.26 Å². The van der Waals surface area contributed by atoms with Crippen LogP contribution in [-0.2, 0) is 9.53 Å². The Morgan fingerprint density at radius 3 is 2.70 bits per heavy atom. The maximum absolute atomic E-state index is 11.7. The maximum atomic E-state index is 11.7. The summed E-state index contributed by atoms with van der Waals surface area (Å²) in [5.41, 5.74) is 1.27. The summed E-state index contributed by atoms with van der Waals surface area (Å²) in [6, 6.07) is 8.83. The highest BCUT2D eigenvalue weighted by molar-refractivity contribution is 5.96. The number of nitriles is 1. The molecule has 1 aliphatic rings. The standard InChI is InChI=1S/C15H16N2O3/c16-9-1-2-11-20-15(19)12-5-7-13(8-6-12)17-10-3-4-14(17)18/h5-8H,1-4,10-11H2. The smallest absolute Gasteiger partial charge is 0.338 e. The van der Waals surface area contributed by atoms with E-state index >= 15 is 0 Å². The quantitative estimate of drug-likeness (QED) is 0.609. The third-order valence-electron chi connectivity index (χ3n) is 3.15. The molecule has 1 heterocycles. The van der Waals surface area contributed by atoms with Crippen molar-refractivity contribution in [3.05, 3.63) is 29.8 Å². The van der Waals surface area contributed by atoms with Gasteiger partial charge in [-0.1, -0.05) is 0 Å². The fourth-order valence-corrected chi connectivity index (χ4v) is 2.10. The molecule has 5 nitrogen and oxygen atoms in total. The van der Waals surface area contributed by atoms with Gasteiger partial charge in [0.05, 0.1) is 18.2 Å². The molecule has 0 N–H and O–H groups in total. The second-order valence-electron chi connectivity index (χ2n) is 4.59. The summed E-state index contributed by atoms with van der Waals surface area (Å²) in [4.78, 5) is 25.0. The van der Waals surface area contributed by atoms with Crippen LogP contribution in [0.15, 0.2) is 24.3 Å². The fraction of sp³-hybridized carbons (Fsp3) is 0.400. The van der Waals surface area contributed by atoms with Gasteiger partial charge in [-0.05, 0) is 37.1 Å². The highest BCUT2D eigenvalue weighted by atomic mass is 16.5. The van der Waals surface area contributed by atoms with Crippen molar-refractivity contribution in [1.29, 1.82) is 5.26 Å². The van der Waals surface area contributed by atoms with Gasteiger partial charge in [-0.15, -0.1) is 0 Å². The van der Waals surface area contributed by atoms with E-state index in [0.29, 0.717) is 24.8 Å². The molecule has 1 aromatic rings. The summed E-state index contributed by atoms with van der Waals surface area (Å²) in [6.07, 6.45) is 2.39. The normalized spacial score (nSPS) is 14.2. The number of anilines is 1. The Hall–Kier alpha value is -2.35. The van der Waals surface area contributed by atoms with Crippen LogP contribution in [0.4, 0.5) is 5.69 Å². The number of nitrogens with zero attached hydrogens (tertiary/aromatic N) is 2. The van der Waals surface area contributed by atoms with Gasteiger partial charge >= 0.3 is 5.97 Å². The molecule has 2 rings (SSSR count). The third kappa shape index (κ3) is 3.35. The Balaban J connectivity index is 1.92. The second-order valence-corrected chi connectivity index (χ2v) is 4.59. The second kappa shape index (κ2) is 6.71. The minimum atomic E-state index is -0.401. The van der Waals surface area contributed by atoms with Crippen molar-refractivity contribution < 1.29 is 14.3 Å². The highest BCUT2D eigenvalue weighted by Gasteiger charge is 2.21. The van der Waals surface area contributed by atoms with Gasteiger partial charge in [-0.3, -0.25) is 4.79 Å². The van der Waals surface area contributed by atoms with Crippen LogP contribution < -0.4 is 4.90 Å². The van der Waals surface area contributed by atoms with E-state index in [0.717, 1.165) is 18.7 Å². The monoisotopic (exact) mass is 272 g/mol. The number of benzene rings is 1. The number of carbonyl (C=O) groups is 2. The van der Waals surface area contributed by atoms with Crippen molar-refractivity contribution in [2.75, 3.05) is 18.1 Å². The first kappa shape index (κ1) is 14.1. The van der Waals surface area contributed by atoms with E-state index in [2.05, 4.69) is 0 Å². The van der Waals surface area contributed by atoms with Crippen LogP contribution in [0.2, 0.25) is 0 Å². The Labute approximate surface area is 117 Å². The number of hydrogen-bond acceptors (Lipinski definition) is 4. The van der Waals surface area contributed by atoms with Crippen LogP contribution in [0.5, 0.6) is 0 Å². The van der Waals surface area contributed by atoms with Crippen molar-refractivity contribution >= 4 is 17.6 Å². The Bertz CT molecular complexity index is 531. The number of ether oxygens (including phenoxy) is 1. The average Bonchev–Trinajstić information content (AvgIpc) is 2.90. The van der Waals surface area contributed by atoms with Gasteiger partial charge in [-0.25, -0.2) is 4.79 Å². The van der Waals surface area contributed by atoms with Crippen LogP contribution >= 0.6 is 0 Å². The van der Waals surface area contributed by atoms with E-state index in [1.807, 2.05) is 6.07 Å². The van der Waals surface area contributed by atoms with Gasteiger partial charge in [0.15, 0.2) is 0 Å². The van der Waals surface area contributed by atoms with Crippen LogP contribution in [0.25, 0.3) is 0 Å². The number of carbonyl (C=O) groups excluding carboxylic acids is 2. The summed E-state index contributed by atoms with van der Waals surface area (Å²) >= 11 is 0. The van der Waals surface area contributed by atoms with Crippen LogP contribution in [0.1, 0.15) is 36.0 Å². The van der Waals surface area contributed by atoms with Gasteiger partial charge in [0.1, 0.15) is 0 Å². The first-order chi connectivity index (χ1) is 9.72. The van der Waals surface area contributed by atoms with E-state index in [4.69, 9.17) is 10.00 Å². The van der Waals surface area contributed by atoms with Crippen LogP contribution in [-0.4, -0.2) is 25.0 Å². The predicted octanol–water partition coefficient (Wildman–Crippen LogP) is 2.27. The van der Waals surface area contributed by atoms with Crippen molar-refractivity contribution in [2.24, 2.45) is 0 Å². The van der Waals surface area contributed by atoms with Crippen LogP contribution in [0, 0.1) is 11.3 Å². The molecule has 0 spiro atoms. The summed E-state index contributed by atoms with van der Waals surface area (Å²) in [6.45, 7) is 0.982. The van der Waals surface area contributed by atoms with Crippen molar-refractivity contribution in [3.8, 4) is 6.07 Å². The Kier molecular flexibility index (Phi) is 4.72. The minimum absolute atomic E-state index is 0.122. The lowest BCUT2D eigenvalue weighted by molar-refractivity contribution is -0.117. The molecular formula is C15H16N2O3. The zero-order valence-electron chi connectivity index (χ0n) is 11.2. The molecule has 0 unspecified atom stereocenters. The summed E-state index contributed by atoms with van der Waals surface area (Å²) < 4.78 is 5.05. The lowest BCUT2D eigenvalue weighted by Crippen LogP contribution is -2.23. The Morgan fingerprint density at radius 1 is 1.35 bits per heavy atom. The molecule has 1 amide bonds. The predicted molar refractivity (Wildman–Crippen MR) is 73.2 cm³/mol. The molecule has 1 fully saturated rings. The van der Waals surface area contributed by atoms with Crippen LogP contribution in [0.3, 0.4) is 0 Å². The highest BCUT2D eigenvalue weighted by Crippen LogP contribution is 2.21. The van der Waals surface area contributed by atoms with Crippen molar-refractivity contribution in [2.45, 2.75) is 25.7 Å². The topological polar surface area (TPSA) is 70.4 Å². The first-order valence-corrected chi connectivity index (χ1v) is 6.67. The molecule has 1 aromatic carbocycles. The number of unbranched alkanes of at least 4 members (excludes halogenated alkanes) is 1. The SMILES string of the molecule is N#CCCCOC(=O)c1ccc(N2CCCC2=O)cc1. The molecule has 104 valence electrons. The largest absolute Gasteiger partial charge is 0.462 e. The number of amides is 1. The molecular weight excluding hydrogens is 256 g/mol. The zero-order valence-corrected chi connectivity index (χ0v) is 11.2. The minimum Gasteiger partial charge on any atom is -0.462 e. The van der Waals surface area contributed by atoms with E-state index in [1.165, 1.54) is 0 Å². The lowest BCUT2D eigenvalue weighted by atomic mass is 10.2. The molecule has 0 aromatic heterocycles. The maximum Gasteiger partial charge on any atom is 0.338 e. The molecule has 1 aliphatic heterocycles. The number of hydrogen-bond donors (Lipinski definition) is 0. The fourth-order valence-electron chi connectivity index (χ4n) is 2.10. The van der Waals surface area contributed by atoms with Gasteiger partial charge in [0, 0.05) is 25.1 Å². The van der Waals surface area contributed by atoms with Crippen molar-refractivity contribution in [1.82, 2.24) is 0 Å². The van der Waals surface area contributed by atoms with Gasteiger partial charge in [0.2, 0.25) is 5.91 Å². The number of esters is 1. The number of rotatable bonds is 5. The molecule has 1 saturated heterocycles. The third-order valence-corrected chi connectivity index (χ3v) is 3.15. The van der Waals surface area contributed by atoms with Gasteiger partial charge in [0.25, 0.3) is 0 Å². The molecule has 0 saturated carbocycles. The molecule has 0 bridgehead atoms. The van der Waals surface area contributed by atoms with E-state index < -0.39 is 5.97 Å². The zero-order chi connectivity index (χ0) is 14.4. The Morgan fingerprint density at radius 2 is 2.10 bits per heavy atom. The summed E-state index contributed by atoms with van der Waals surface area (Å²) in [7, 11) is 0. The summed E-state index contributed by atoms with van der Waals surface area (Å²) in [5.74, 6) is -0.279. The molecule has 0 radical (unpaired) electrons.